The fraction of sp³-hybridized carbons (Fsp3) is 0.688. The maximum Gasteiger partial charge on any atom is 0.243 e. The Morgan fingerprint density at radius 2 is 1.95 bits per heavy atom. The van der Waals surface area contributed by atoms with Crippen LogP contribution in [0.1, 0.15) is 68.0 Å². The van der Waals surface area contributed by atoms with Gasteiger partial charge in [0.25, 0.3) is 0 Å². The number of carbonyl (C=O) groups is 1. The third-order valence-electron chi connectivity index (χ3n) is 3.80. The first-order valence-electron chi connectivity index (χ1n) is 7.42. The minimum atomic E-state index is -0.557. The zero-order chi connectivity index (χ0) is 14.8. The predicted molar refractivity (Wildman–Crippen MR) is 86.6 cm³/mol. The van der Waals surface area contributed by atoms with E-state index in [1.54, 1.807) is 11.3 Å². The third-order valence-corrected chi connectivity index (χ3v) is 5.94. The van der Waals surface area contributed by atoms with Gasteiger partial charge in [-0.05, 0) is 30.4 Å². The average molecular weight is 314 g/mol. The number of rotatable bonds is 3. The summed E-state index contributed by atoms with van der Waals surface area (Å²) in [5.74, 6) is -0.0409. The first kappa shape index (κ1) is 15.8. The van der Waals surface area contributed by atoms with E-state index in [0.717, 1.165) is 17.7 Å². The highest BCUT2D eigenvalue weighted by atomic mass is 35.5. The van der Waals surface area contributed by atoms with Gasteiger partial charge in [0, 0.05) is 15.8 Å². The van der Waals surface area contributed by atoms with Crippen LogP contribution in [0, 0.1) is 0 Å². The van der Waals surface area contributed by atoms with E-state index in [2.05, 4.69) is 32.2 Å². The van der Waals surface area contributed by atoms with Crippen LogP contribution in [0.3, 0.4) is 0 Å². The molecule has 2 nitrogen and oxygen atoms in total. The Morgan fingerprint density at radius 3 is 2.50 bits per heavy atom. The molecule has 20 heavy (non-hydrogen) atoms. The number of hydrogen-bond donors (Lipinski definition) is 1. The van der Waals surface area contributed by atoms with Gasteiger partial charge in [-0.15, -0.1) is 22.9 Å². The van der Waals surface area contributed by atoms with Gasteiger partial charge >= 0.3 is 0 Å². The second-order valence-electron chi connectivity index (χ2n) is 6.66. The molecule has 1 unspecified atom stereocenters. The first-order chi connectivity index (χ1) is 9.38. The molecule has 1 amide bonds. The highest BCUT2D eigenvalue weighted by Gasteiger charge is 2.25. The lowest BCUT2D eigenvalue weighted by atomic mass is 9.95. The Hall–Kier alpha value is -0.540. The van der Waals surface area contributed by atoms with E-state index in [0.29, 0.717) is 6.04 Å². The van der Waals surface area contributed by atoms with Crippen molar-refractivity contribution in [2.24, 2.45) is 0 Å². The normalized spacial score (nSPS) is 18.8. The van der Waals surface area contributed by atoms with Gasteiger partial charge in [0.15, 0.2) is 0 Å². The summed E-state index contributed by atoms with van der Waals surface area (Å²) in [5.41, 5.74) is 0.110. The Labute approximate surface area is 130 Å². The molecule has 1 aromatic rings. The summed E-state index contributed by atoms with van der Waals surface area (Å²) < 4.78 is 0. The molecule has 0 spiro atoms. The van der Waals surface area contributed by atoms with Crippen molar-refractivity contribution in [1.82, 2.24) is 5.32 Å². The maximum atomic E-state index is 12.2. The molecule has 1 aromatic heterocycles. The summed E-state index contributed by atoms with van der Waals surface area (Å²) in [4.78, 5) is 14.5. The van der Waals surface area contributed by atoms with Crippen LogP contribution in [0.25, 0.3) is 0 Å². The molecule has 1 heterocycles. The molecule has 1 N–H and O–H groups in total. The van der Waals surface area contributed by atoms with Crippen molar-refractivity contribution in [3.8, 4) is 0 Å². The van der Waals surface area contributed by atoms with Gasteiger partial charge in [0.05, 0.1) is 0 Å². The smallest absolute Gasteiger partial charge is 0.243 e. The van der Waals surface area contributed by atoms with Crippen molar-refractivity contribution >= 4 is 28.8 Å². The van der Waals surface area contributed by atoms with E-state index >= 15 is 0 Å². The van der Waals surface area contributed by atoms with Crippen LogP contribution in [0.5, 0.6) is 0 Å². The number of hydrogen-bond acceptors (Lipinski definition) is 2. The number of amides is 1. The molecule has 0 radical (unpaired) electrons. The molecule has 0 aliphatic heterocycles. The molecule has 2 rings (SSSR count). The van der Waals surface area contributed by atoms with Crippen LogP contribution >= 0.6 is 22.9 Å². The number of nitrogens with one attached hydrogen (secondary N) is 1. The minimum absolute atomic E-state index is 0.0409. The van der Waals surface area contributed by atoms with Crippen molar-refractivity contribution in [2.45, 2.75) is 69.7 Å². The SMILES string of the molecule is CC(C)(C)c1ccc(C(Cl)C(=O)NC2CCCCC2)s1. The molecule has 112 valence electrons. The summed E-state index contributed by atoms with van der Waals surface area (Å²) in [6.07, 6.45) is 5.90. The number of thiophene rings is 1. The molecule has 4 heteroatoms. The van der Waals surface area contributed by atoms with Gasteiger partial charge in [0.2, 0.25) is 5.91 Å². The highest BCUT2D eigenvalue weighted by Crippen LogP contribution is 2.34. The standard InChI is InChI=1S/C16H24ClNOS/c1-16(2,3)13-10-9-12(20-13)14(17)15(19)18-11-7-5-4-6-8-11/h9-11,14H,4-8H2,1-3H3,(H,18,19). The molecular formula is C16H24ClNOS. The van der Waals surface area contributed by atoms with Crippen LogP contribution < -0.4 is 5.32 Å². The van der Waals surface area contributed by atoms with Crippen LogP contribution in [0.15, 0.2) is 12.1 Å². The van der Waals surface area contributed by atoms with Gasteiger partial charge in [0.1, 0.15) is 5.38 Å². The summed E-state index contributed by atoms with van der Waals surface area (Å²) in [5, 5.41) is 2.54. The largest absolute Gasteiger partial charge is 0.352 e. The van der Waals surface area contributed by atoms with E-state index in [4.69, 9.17) is 11.6 Å². The second-order valence-corrected chi connectivity index (χ2v) is 8.21. The topological polar surface area (TPSA) is 29.1 Å². The van der Waals surface area contributed by atoms with Crippen molar-refractivity contribution in [3.63, 3.8) is 0 Å². The number of alkyl halides is 1. The lowest BCUT2D eigenvalue weighted by Gasteiger charge is -2.23. The van der Waals surface area contributed by atoms with E-state index in [1.807, 2.05) is 6.07 Å². The average Bonchev–Trinajstić information content (AvgIpc) is 2.88. The van der Waals surface area contributed by atoms with Gasteiger partial charge < -0.3 is 5.32 Å². The Bertz CT molecular complexity index is 457. The van der Waals surface area contributed by atoms with Gasteiger partial charge in [-0.25, -0.2) is 0 Å². The van der Waals surface area contributed by atoms with E-state index in [-0.39, 0.29) is 11.3 Å². The summed E-state index contributed by atoms with van der Waals surface area (Å²) in [7, 11) is 0. The van der Waals surface area contributed by atoms with E-state index in [9.17, 15) is 4.79 Å². The van der Waals surface area contributed by atoms with Gasteiger partial charge in [-0.1, -0.05) is 40.0 Å². The minimum Gasteiger partial charge on any atom is -0.352 e. The number of halogens is 1. The molecule has 1 aliphatic rings. The van der Waals surface area contributed by atoms with Gasteiger partial charge in [-0.3, -0.25) is 4.79 Å². The molecule has 1 aliphatic carbocycles. The molecule has 0 saturated heterocycles. The summed E-state index contributed by atoms with van der Waals surface area (Å²) in [6, 6.07) is 4.40. The Kier molecular flexibility index (Phi) is 5.14. The van der Waals surface area contributed by atoms with Crippen LogP contribution in [-0.4, -0.2) is 11.9 Å². The van der Waals surface area contributed by atoms with Crippen LogP contribution in [-0.2, 0) is 10.2 Å². The van der Waals surface area contributed by atoms with Crippen molar-refractivity contribution in [2.75, 3.05) is 0 Å². The zero-order valence-electron chi connectivity index (χ0n) is 12.5. The highest BCUT2D eigenvalue weighted by molar-refractivity contribution is 7.12. The monoisotopic (exact) mass is 313 g/mol. The molecule has 1 saturated carbocycles. The second kappa shape index (κ2) is 6.48. The maximum absolute atomic E-state index is 12.2. The van der Waals surface area contributed by atoms with Crippen LogP contribution in [0.4, 0.5) is 0 Å². The first-order valence-corrected chi connectivity index (χ1v) is 8.68. The van der Waals surface area contributed by atoms with Crippen LogP contribution in [0.2, 0.25) is 0 Å². The Morgan fingerprint density at radius 1 is 1.30 bits per heavy atom. The lowest BCUT2D eigenvalue weighted by Crippen LogP contribution is -2.37. The van der Waals surface area contributed by atoms with E-state index < -0.39 is 5.38 Å². The molecule has 1 atom stereocenters. The van der Waals surface area contributed by atoms with Crippen molar-refractivity contribution in [1.29, 1.82) is 0 Å². The predicted octanol–water partition coefficient (Wildman–Crippen LogP) is 4.77. The third kappa shape index (κ3) is 3.98. The van der Waals surface area contributed by atoms with Crippen molar-refractivity contribution in [3.05, 3.63) is 21.9 Å². The quantitative estimate of drug-likeness (QED) is 0.800. The zero-order valence-corrected chi connectivity index (χ0v) is 14.1. The molecule has 0 aromatic carbocycles. The lowest BCUT2D eigenvalue weighted by molar-refractivity contribution is -0.121. The van der Waals surface area contributed by atoms with E-state index in [1.165, 1.54) is 24.1 Å². The fourth-order valence-corrected chi connectivity index (χ4v) is 3.85. The summed E-state index contributed by atoms with van der Waals surface area (Å²) >= 11 is 7.98. The molecular weight excluding hydrogens is 290 g/mol. The Balaban J connectivity index is 1.97. The molecule has 1 fully saturated rings. The van der Waals surface area contributed by atoms with Gasteiger partial charge in [-0.2, -0.15) is 0 Å². The fourth-order valence-electron chi connectivity index (χ4n) is 2.54. The number of carbonyl (C=O) groups excluding carboxylic acids is 1. The summed E-state index contributed by atoms with van der Waals surface area (Å²) in [6.45, 7) is 6.52. The molecule has 0 bridgehead atoms. The van der Waals surface area contributed by atoms with Crippen molar-refractivity contribution < 1.29 is 4.79 Å².